The van der Waals surface area contributed by atoms with Gasteiger partial charge in [0.25, 0.3) is 0 Å². The highest BCUT2D eigenvalue weighted by Crippen LogP contribution is 2.24. The summed E-state index contributed by atoms with van der Waals surface area (Å²) in [6.45, 7) is 8.02. The van der Waals surface area contributed by atoms with Crippen molar-refractivity contribution in [2.45, 2.75) is 62.9 Å². The number of nitrogens with one attached hydrogen (secondary N) is 1. The van der Waals surface area contributed by atoms with Crippen LogP contribution >= 0.6 is 23.3 Å². The van der Waals surface area contributed by atoms with Crippen molar-refractivity contribution in [2.75, 3.05) is 12.9 Å². The van der Waals surface area contributed by atoms with Gasteiger partial charge in [0, 0.05) is 18.2 Å². The molecule has 1 heterocycles. The number of rotatable bonds is 9. The molecule has 0 aliphatic rings. The minimum Gasteiger partial charge on any atom is -0.468 e. The van der Waals surface area contributed by atoms with E-state index in [1.165, 1.54) is 18.6 Å². The zero-order chi connectivity index (χ0) is 15.9. The molecule has 0 saturated carbocycles. The molecule has 0 spiro atoms. The first-order valence-electron chi connectivity index (χ1n) is 7.22. The van der Waals surface area contributed by atoms with Gasteiger partial charge in [-0.3, -0.25) is 10.1 Å². The Bertz CT molecular complexity index is 451. The number of methoxy groups -OCH3 is 1. The van der Waals surface area contributed by atoms with E-state index in [4.69, 9.17) is 4.74 Å². The van der Waals surface area contributed by atoms with Crippen molar-refractivity contribution >= 4 is 29.3 Å². The van der Waals surface area contributed by atoms with E-state index in [2.05, 4.69) is 21.6 Å². The molecule has 0 aliphatic heterocycles. The van der Waals surface area contributed by atoms with Crippen molar-refractivity contribution in [1.82, 2.24) is 14.7 Å². The van der Waals surface area contributed by atoms with Gasteiger partial charge >= 0.3 is 5.97 Å². The molecule has 1 N–H and O–H groups in total. The third-order valence-corrected chi connectivity index (χ3v) is 5.01. The van der Waals surface area contributed by atoms with Crippen LogP contribution in [0.3, 0.4) is 0 Å². The Hall–Kier alpha value is -0.660. The summed E-state index contributed by atoms with van der Waals surface area (Å²) in [5.41, 5.74) is -0.626. The Morgan fingerprint density at radius 2 is 2.24 bits per heavy atom. The number of hydrogen-bond donors (Lipinski definition) is 1. The molecule has 0 amide bonds. The van der Waals surface area contributed by atoms with Crippen LogP contribution in [-0.2, 0) is 16.0 Å². The van der Waals surface area contributed by atoms with Gasteiger partial charge in [0.1, 0.15) is 11.4 Å². The number of carbonyl (C=O) groups is 1. The maximum Gasteiger partial charge on any atom is 0.325 e. The normalized spacial score (nSPS) is 14.2. The monoisotopic (exact) mass is 331 g/mol. The third kappa shape index (κ3) is 5.92. The van der Waals surface area contributed by atoms with Crippen molar-refractivity contribution in [1.29, 1.82) is 0 Å². The van der Waals surface area contributed by atoms with Gasteiger partial charge in [-0.25, -0.2) is 4.98 Å². The summed E-state index contributed by atoms with van der Waals surface area (Å²) in [6.07, 6.45) is 2.52. The van der Waals surface area contributed by atoms with Crippen molar-refractivity contribution < 1.29 is 9.53 Å². The number of carbonyl (C=O) groups excluding carboxylic acids is 1. The summed E-state index contributed by atoms with van der Waals surface area (Å²) < 4.78 is 10.2. The van der Waals surface area contributed by atoms with Crippen LogP contribution in [0.1, 0.15) is 46.4 Å². The average molecular weight is 332 g/mol. The summed E-state index contributed by atoms with van der Waals surface area (Å²) >= 11 is 3.15. The van der Waals surface area contributed by atoms with E-state index < -0.39 is 5.54 Å². The molecule has 0 aliphatic carbocycles. The van der Waals surface area contributed by atoms with Crippen molar-refractivity contribution in [2.24, 2.45) is 0 Å². The molecule has 0 fully saturated rings. The Balaban J connectivity index is 2.44. The number of aryl methyl sites for hydroxylation is 1. The summed E-state index contributed by atoms with van der Waals surface area (Å²) in [7, 11) is 1.44. The second kappa shape index (κ2) is 8.70. The summed E-state index contributed by atoms with van der Waals surface area (Å²) in [5, 5.41) is 3.31. The maximum absolute atomic E-state index is 12.0. The van der Waals surface area contributed by atoms with Gasteiger partial charge in [0.2, 0.25) is 0 Å². The minimum atomic E-state index is -0.626. The van der Waals surface area contributed by atoms with E-state index in [0.29, 0.717) is 0 Å². The predicted octanol–water partition coefficient (Wildman–Crippen LogP) is 2.90. The maximum atomic E-state index is 12.0. The molecule has 1 aromatic rings. The van der Waals surface area contributed by atoms with E-state index in [1.807, 2.05) is 20.8 Å². The Kier molecular flexibility index (Phi) is 7.62. The number of ether oxygens (including phenoxy) is 1. The topological polar surface area (TPSA) is 64.1 Å². The van der Waals surface area contributed by atoms with Crippen LogP contribution in [-0.4, -0.2) is 39.8 Å². The number of nitrogens with zero attached hydrogens (tertiary/aromatic N) is 2. The molecule has 1 rings (SSSR count). The lowest BCUT2D eigenvalue weighted by atomic mass is 9.95. The van der Waals surface area contributed by atoms with E-state index in [0.717, 1.165) is 35.2 Å². The molecule has 5 nitrogen and oxygen atoms in total. The van der Waals surface area contributed by atoms with E-state index in [9.17, 15) is 4.79 Å². The van der Waals surface area contributed by atoms with Crippen LogP contribution < -0.4 is 5.32 Å². The Labute approximate surface area is 135 Å². The van der Waals surface area contributed by atoms with Crippen LogP contribution in [0.5, 0.6) is 0 Å². The first-order chi connectivity index (χ1) is 9.91. The first-order valence-corrected chi connectivity index (χ1v) is 8.98. The van der Waals surface area contributed by atoms with E-state index >= 15 is 0 Å². The van der Waals surface area contributed by atoms with Crippen LogP contribution in [0.15, 0.2) is 4.34 Å². The van der Waals surface area contributed by atoms with Crippen LogP contribution in [0.4, 0.5) is 0 Å². The molecule has 21 heavy (non-hydrogen) atoms. The number of aromatic nitrogens is 2. The average Bonchev–Trinajstić information content (AvgIpc) is 2.90. The lowest BCUT2D eigenvalue weighted by Gasteiger charge is -2.30. The molecule has 7 heteroatoms. The van der Waals surface area contributed by atoms with Crippen molar-refractivity contribution in [3.63, 3.8) is 0 Å². The largest absolute Gasteiger partial charge is 0.468 e. The Morgan fingerprint density at radius 1 is 1.52 bits per heavy atom. The van der Waals surface area contributed by atoms with E-state index in [1.54, 1.807) is 11.8 Å². The van der Waals surface area contributed by atoms with Gasteiger partial charge < -0.3 is 4.74 Å². The molecule has 1 unspecified atom stereocenters. The summed E-state index contributed by atoms with van der Waals surface area (Å²) in [5.74, 6) is 1.62. The molecule has 120 valence electrons. The number of esters is 1. The highest BCUT2D eigenvalue weighted by atomic mass is 32.2. The van der Waals surface area contributed by atoms with Gasteiger partial charge in [0.05, 0.1) is 7.11 Å². The molecule has 0 bridgehead atoms. The van der Waals surface area contributed by atoms with Gasteiger partial charge in [0.15, 0.2) is 4.34 Å². The fraction of sp³-hybridized carbons (Fsp3) is 0.786. The molecule has 1 atom stereocenters. The zero-order valence-corrected chi connectivity index (χ0v) is 15.1. The molecule has 0 aromatic carbocycles. The predicted molar refractivity (Wildman–Crippen MR) is 87.9 cm³/mol. The second-order valence-electron chi connectivity index (χ2n) is 5.40. The molecule has 0 radical (unpaired) electrons. The third-order valence-electron chi connectivity index (χ3n) is 3.06. The van der Waals surface area contributed by atoms with E-state index in [-0.39, 0.29) is 12.0 Å². The fourth-order valence-corrected chi connectivity index (χ4v) is 3.83. The number of hydrogen-bond acceptors (Lipinski definition) is 7. The SMILES string of the molecule is CCc1nsc(SCCCC(C)(NC(C)C)C(=O)OC)n1. The first kappa shape index (κ1) is 18.4. The number of thioether (sulfide) groups is 1. The zero-order valence-electron chi connectivity index (χ0n) is 13.4. The molecular formula is C14H25N3O2S2. The molecular weight excluding hydrogens is 306 g/mol. The lowest BCUT2D eigenvalue weighted by molar-refractivity contribution is -0.148. The van der Waals surface area contributed by atoms with Gasteiger partial charge in [-0.1, -0.05) is 18.7 Å². The van der Waals surface area contributed by atoms with Crippen molar-refractivity contribution in [3.8, 4) is 0 Å². The van der Waals surface area contributed by atoms with Crippen LogP contribution in [0.2, 0.25) is 0 Å². The van der Waals surface area contributed by atoms with Crippen molar-refractivity contribution in [3.05, 3.63) is 5.82 Å². The second-order valence-corrected chi connectivity index (χ2v) is 7.50. The van der Waals surface area contributed by atoms with Crippen LogP contribution in [0.25, 0.3) is 0 Å². The molecule has 1 aromatic heterocycles. The summed E-state index contributed by atoms with van der Waals surface area (Å²) in [6, 6.07) is 0.233. The summed E-state index contributed by atoms with van der Waals surface area (Å²) in [4.78, 5) is 16.4. The Morgan fingerprint density at radius 3 is 2.76 bits per heavy atom. The van der Waals surface area contributed by atoms with Gasteiger partial charge in [-0.05, 0) is 45.1 Å². The fourth-order valence-electron chi connectivity index (χ4n) is 2.12. The quantitative estimate of drug-likeness (QED) is 0.426. The molecule has 0 saturated heterocycles. The minimum absolute atomic E-state index is 0.203. The standard InChI is InChI=1S/C14H25N3O2S2/c1-6-11-15-13(21-17-11)20-9-7-8-14(4,12(18)19-5)16-10(2)3/h10,16H,6-9H2,1-5H3. The lowest BCUT2D eigenvalue weighted by Crippen LogP contribution is -2.53. The smallest absolute Gasteiger partial charge is 0.325 e. The highest BCUT2D eigenvalue weighted by Gasteiger charge is 2.34. The van der Waals surface area contributed by atoms with Gasteiger partial charge in [-0.15, -0.1) is 0 Å². The van der Waals surface area contributed by atoms with Crippen LogP contribution in [0, 0.1) is 0 Å². The van der Waals surface area contributed by atoms with Gasteiger partial charge in [-0.2, -0.15) is 4.37 Å². The highest BCUT2D eigenvalue weighted by molar-refractivity contribution is 8.00.